The summed E-state index contributed by atoms with van der Waals surface area (Å²) in [6.45, 7) is 6.44. The maximum absolute atomic E-state index is 4.14. The molecule has 4 heteroatoms. The minimum atomic E-state index is 1.03. The van der Waals surface area contributed by atoms with Crippen molar-refractivity contribution in [2.45, 2.75) is 33.2 Å². The summed E-state index contributed by atoms with van der Waals surface area (Å²) in [6.07, 6.45) is 4.21. The first kappa shape index (κ1) is 9.45. The number of rotatable bonds is 5. The Hall–Kier alpha value is -0.640. The van der Waals surface area contributed by atoms with Crippen LogP contribution in [-0.4, -0.2) is 10.9 Å². The molecule has 0 aliphatic heterocycles. The van der Waals surface area contributed by atoms with E-state index in [1.165, 1.54) is 11.7 Å². The quantitative estimate of drug-likeness (QED) is 0.709. The third-order valence-electron chi connectivity index (χ3n) is 1.57. The highest BCUT2D eigenvalue weighted by Crippen LogP contribution is 2.00. The molecule has 1 aromatic rings. The molecule has 12 heavy (non-hydrogen) atoms. The molecule has 0 aromatic carbocycles. The molecule has 0 atom stereocenters. The standard InChI is InChI=1S/C8H15N3S/c1-3-5-9-8-7-10-12-11(8)6-4-2/h7H,3-6H2,1-2H3/p+1. The van der Waals surface area contributed by atoms with E-state index in [0.29, 0.717) is 0 Å². The normalized spacial score (nSPS) is 10.2. The van der Waals surface area contributed by atoms with Crippen molar-refractivity contribution >= 4 is 17.5 Å². The highest BCUT2D eigenvalue weighted by Gasteiger charge is 2.08. The molecule has 1 heterocycles. The second-order valence-electron chi connectivity index (χ2n) is 2.73. The van der Waals surface area contributed by atoms with Crippen molar-refractivity contribution in [2.75, 3.05) is 11.9 Å². The van der Waals surface area contributed by atoms with E-state index in [4.69, 9.17) is 0 Å². The van der Waals surface area contributed by atoms with Gasteiger partial charge in [0.25, 0.3) is 5.82 Å². The molecule has 1 rings (SSSR count). The van der Waals surface area contributed by atoms with Crippen LogP contribution in [0.25, 0.3) is 0 Å². The fourth-order valence-corrected chi connectivity index (χ4v) is 1.71. The molecule has 3 nitrogen and oxygen atoms in total. The average Bonchev–Trinajstić information content (AvgIpc) is 2.50. The molecule has 1 N–H and O–H groups in total. The van der Waals surface area contributed by atoms with Crippen molar-refractivity contribution in [2.24, 2.45) is 0 Å². The van der Waals surface area contributed by atoms with E-state index >= 15 is 0 Å². The fraction of sp³-hybridized carbons (Fsp3) is 0.750. The summed E-state index contributed by atoms with van der Waals surface area (Å²) in [5.41, 5.74) is 0. The Balaban J connectivity index is 2.51. The smallest absolute Gasteiger partial charge is 0.268 e. The molecule has 0 spiro atoms. The predicted octanol–water partition coefficient (Wildman–Crippen LogP) is 1.66. The molecule has 68 valence electrons. The van der Waals surface area contributed by atoms with Gasteiger partial charge in [0.05, 0.1) is 13.1 Å². The van der Waals surface area contributed by atoms with Crippen molar-refractivity contribution in [3.63, 3.8) is 0 Å². The summed E-state index contributed by atoms with van der Waals surface area (Å²) >= 11 is 1.53. The number of nitrogens with one attached hydrogen (secondary N) is 1. The third-order valence-corrected chi connectivity index (χ3v) is 2.35. The maximum Gasteiger partial charge on any atom is 0.268 e. The van der Waals surface area contributed by atoms with Gasteiger partial charge < -0.3 is 5.32 Å². The molecule has 0 unspecified atom stereocenters. The maximum atomic E-state index is 4.14. The van der Waals surface area contributed by atoms with Gasteiger partial charge in [-0.2, -0.15) is 3.96 Å². The largest absolute Gasteiger partial charge is 0.302 e. The number of hydrogen-bond donors (Lipinski definition) is 1. The first-order chi connectivity index (χ1) is 5.88. The second kappa shape index (κ2) is 5.09. The molecule has 0 saturated carbocycles. The average molecular weight is 186 g/mol. The molecule has 0 amide bonds. The van der Waals surface area contributed by atoms with Crippen LogP contribution in [0.2, 0.25) is 0 Å². The lowest BCUT2D eigenvalue weighted by atomic mass is 10.4. The Morgan fingerprint density at radius 1 is 1.50 bits per heavy atom. The lowest BCUT2D eigenvalue weighted by Crippen LogP contribution is -2.31. The molecular weight excluding hydrogens is 170 g/mol. The van der Waals surface area contributed by atoms with Gasteiger partial charge in [0, 0.05) is 0 Å². The number of hydrogen-bond acceptors (Lipinski definition) is 3. The van der Waals surface area contributed by atoms with Crippen molar-refractivity contribution in [1.82, 2.24) is 4.37 Å². The van der Waals surface area contributed by atoms with E-state index in [2.05, 4.69) is 27.5 Å². The van der Waals surface area contributed by atoms with Crippen molar-refractivity contribution in [3.8, 4) is 0 Å². The van der Waals surface area contributed by atoms with Gasteiger partial charge in [-0.15, -0.1) is 0 Å². The predicted molar refractivity (Wildman–Crippen MR) is 51.4 cm³/mol. The minimum Gasteiger partial charge on any atom is -0.302 e. The van der Waals surface area contributed by atoms with E-state index in [1.54, 1.807) is 0 Å². The zero-order valence-electron chi connectivity index (χ0n) is 7.71. The lowest BCUT2D eigenvalue weighted by Gasteiger charge is -1.98. The topological polar surface area (TPSA) is 28.8 Å². The van der Waals surface area contributed by atoms with Crippen LogP contribution in [0, 0.1) is 0 Å². The van der Waals surface area contributed by atoms with Crippen molar-refractivity contribution in [3.05, 3.63) is 6.20 Å². The molecule has 0 saturated heterocycles. The van der Waals surface area contributed by atoms with Gasteiger partial charge in [0.2, 0.25) is 11.7 Å². The Morgan fingerprint density at radius 2 is 2.33 bits per heavy atom. The first-order valence-electron chi connectivity index (χ1n) is 4.47. The monoisotopic (exact) mass is 186 g/mol. The Kier molecular flexibility index (Phi) is 4.00. The van der Waals surface area contributed by atoms with Gasteiger partial charge >= 0.3 is 0 Å². The van der Waals surface area contributed by atoms with Crippen LogP contribution >= 0.6 is 11.7 Å². The Morgan fingerprint density at radius 3 is 3.00 bits per heavy atom. The van der Waals surface area contributed by atoms with Crippen LogP contribution in [0.15, 0.2) is 6.20 Å². The zero-order valence-corrected chi connectivity index (χ0v) is 8.52. The zero-order chi connectivity index (χ0) is 8.81. The summed E-state index contributed by atoms with van der Waals surface area (Å²) in [7, 11) is 0. The van der Waals surface area contributed by atoms with E-state index in [1.807, 2.05) is 6.20 Å². The number of nitrogens with zero attached hydrogens (tertiary/aromatic N) is 2. The molecule has 0 fully saturated rings. The molecule has 0 radical (unpaired) electrons. The first-order valence-corrected chi connectivity index (χ1v) is 5.20. The number of aryl methyl sites for hydroxylation is 1. The Bertz CT molecular complexity index is 222. The van der Waals surface area contributed by atoms with Crippen LogP contribution < -0.4 is 9.27 Å². The summed E-state index contributed by atoms with van der Waals surface area (Å²) in [6, 6.07) is 0. The van der Waals surface area contributed by atoms with Crippen LogP contribution in [0.1, 0.15) is 26.7 Å². The van der Waals surface area contributed by atoms with Gasteiger partial charge in [-0.1, -0.05) is 13.8 Å². The summed E-state index contributed by atoms with van der Waals surface area (Å²) < 4.78 is 6.33. The summed E-state index contributed by atoms with van der Waals surface area (Å²) in [4.78, 5) is 0. The van der Waals surface area contributed by atoms with E-state index < -0.39 is 0 Å². The summed E-state index contributed by atoms with van der Waals surface area (Å²) in [5.74, 6) is 1.16. The molecule has 0 aliphatic carbocycles. The van der Waals surface area contributed by atoms with Gasteiger partial charge in [0.1, 0.15) is 0 Å². The van der Waals surface area contributed by atoms with Crippen molar-refractivity contribution < 1.29 is 3.96 Å². The molecule has 0 aliphatic rings. The van der Waals surface area contributed by atoms with Crippen LogP contribution in [0.3, 0.4) is 0 Å². The van der Waals surface area contributed by atoms with Gasteiger partial charge in [-0.3, -0.25) is 0 Å². The van der Waals surface area contributed by atoms with Crippen LogP contribution in [0.5, 0.6) is 0 Å². The number of anilines is 1. The SMILES string of the molecule is CCCNc1cns[n+]1CCC. The Labute approximate surface area is 77.7 Å². The van der Waals surface area contributed by atoms with E-state index in [-0.39, 0.29) is 0 Å². The minimum absolute atomic E-state index is 1.03. The molecule has 1 aromatic heterocycles. The third kappa shape index (κ3) is 2.44. The van der Waals surface area contributed by atoms with Gasteiger partial charge in [0.15, 0.2) is 6.20 Å². The fourth-order valence-electron chi connectivity index (χ4n) is 0.990. The van der Waals surface area contributed by atoms with E-state index in [9.17, 15) is 0 Å². The van der Waals surface area contributed by atoms with Crippen LogP contribution in [-0.2, 0) is 6.54 Å². The highest BCUT2D eigenvalue weighted by atomic mass is 32.1. The molecule has 0 bridgehead atoms. The van der Waals surface area contributed by atoms with E-state index in [0.717, 1.165) is 31.7 Å². The van der Waals surface area contributed by atoms with Gasteiger partial charge in [-0.05, 0) is 17.2 Å². The molecular formula is C8H16N3S+. The lowest BCUT2D eigenvalue weighted by molar-refractivity contribution is -0.615. The number of aromatic nitrogens is 2. The van der Waals surface area contributed by atoms with Crippen LogP contribution in [0.4, 0.5) is 5.82 Å². The highest BCUT2D eigenvalue weighted by molar-refractivity contribution is 6.94. The second-order valence-corrected chi connectivity index (χ2v) is 3.55. The van der Waals surface area contributed by atoms with Crippen molar-refractivity contribution in [1.29, 1.82) is 0 Å². The summed E-state index contributed by atoms with van der Waals surface area (Å²) in [5, 5.41) is 3.34. The van der Waals surface area contributed by atoms with Gasteiger partial charge in [-0.25, -0.2) is 0 Å².